The lowest BCUT2D eigenvalue weighted by Gasteiger charge is -2.52. The van der Waals surface area contributed by atoms with Gasteiger partial charge in [0.05, 0.1) is 6.42 Å². The molecule has 0 aromatic heterocycles. The van der Waals surface area contributed by atoms with Gasteiger partial charge >= 0.3 is 5.97 Å². The summed E-state index contributed by atoms with van der Waals surface area (Å²) in [5.41, 5.74) is -0.164. The monoisotopic (exact) mass is 198 g/mol. The highest BCUT2D eigenvalue weighted by atomic mass is 16.4. The molecule has 4 nitrogen and oxygen atoms in total. The lowest BCUT2D eigenvalue weighted by molar-refractivity contribution is -0.141. The number of hydrogen-bond acceptors (Lipinski definition) is 3. The summed E-state index contributed by atoms with van der Waals surface area (Å²) >= 11 is 0. The molecule has 0 aromatic rings. The van der Waals surface area contributed by atoms with Crippen LogP contribution in [-0.4, -0.2) is 48.2 Å². The zero-order chi connectivity index (χ0) is 10.2. The average molecular weight is 198 g/mol. The van der Waals surface area contributed by atoms with Crippen LogP contribution in [0.15, 0.2) is 0 Å². The van der Waals surface area contributed by atoms with Crippen LogP contribution in [-0.2, 0) is 4.79 Å². The summed E-state index contributed by atoms with van der Waals surface area (Å²) in [5, 5.41) is 12.2. The first-order chi connectivity index (χ1) is 6.66. The molecule has 3 aliphatic rings. The fraction of sp³-hybridized carbons (Fsp3) is 0.900. The van der Waals surface area contributed by atoms with Crippen molar-refractivity contribution < 1.29 is 9.90 Å². The molecule has 3 aliphatic heterocycles. The Morgan fingerprint density at radius 1 is 1.57 bits per heavy atom. The van der Waals surface area contributed by atoms with Gasteiger partial charge in [0, 0.05) is 12.1 Å². The van der Waals surface area contributed by atoms with Crippen LogP contribution in [0.3, 0.4) is 0 Å². The molecule has 80 valence electrons. The Morgan fingerprint density at radius 2 is 2.21 bits per heavy atom. The quantitative estimate of drug-likeness (QED) is 0.677. The van der Waals surface area contributed by atoms with E-state index in [-0.39, 0.29) is 12.0 Å². The summed E-state index contributed by atoms with van der Waals surface area (Å²) in [6.45, 7) is 3.20. The van der Waals surface area contributed by atoms with E-state index in [4.69, 9.17) is 5.11 Å². The van der Waals surface area contributed by atoms with Crippen molar-refractivity contribution >= 4 is 5.97 Å². The van der Waals surface area contributed by atoms with Crippen LogP contribution in [0.4, 0.5) is 0 Å². The summed E-state index contributed by atoms with van der Waals surface area (Å²) in [6, 6.07) is 0. The smallest absolute Gasteiger partial charge is 0.305 e. The van der Waals surface area contributed by atoms with Crippen molar-refractivity contribution in [2.24, 2.45) is 5.92 Å². The molecule has 0 radical (unpaired) electrons. The Kier molecular flexibility index (Phi) is 2.49. The molecule has 3 rings (SSSR count). The maximum atomic E-state index is 10.8. The largest absolute Gasteiger partial charge is 0.481 e. The second-order valence-corrected chi connectivity index (χ2v) is 4.53. The molecule has 1 atom stereocenters. The molecule has 0 spiro atoms. The Hall–Kier alpha value is -0.610. The Morgan fingerprint density at radius 3 is 2.57 bits per heavy atom. The standard InChI is InChI=1S/C10H18N2O2/c1-11-10(6-9(13)14)7-12-4-2-8(10)3-5-12/h8,11H,2-7H2,1H3,(H,13,14). The zero-order valence-corrected chi connectivity index (χ0v) is 8.62. The minimum Gasteiger partial charge on any atom is -0.481 e. The molecule has 0 saturated carbocycles. The first kappa shape index (κ1) is 9.93. The van der Waals surface area contributed by atoms with Gasteiger partial charge in [0.15, 0.2) is 0 Å². The molecule has 1 unspecified atom stereocenters. The molecular formula is C10H18N2O2. The Balaban J connectivity index is 2.15. The number of carboxylic acid groups (broad SMARTS) is 1. The van der Waals surface area contributed by atoms with Crippen molar-refractivity contribution in [1.82, 2.24) is 10.2 Å². The zero-order valence-electron chi connectivity index (χ0n) is 8.62. The number of likely N-dealkylation sites (N-methyl/N-ethyl adjacent to an activating group) is 1. The second-order valence-electron chi connectivity index (χ2n) is 4.53. The lowest BCUT2D eigenvalue weighted by atomic mass is 9.71. The van der Waals surface area contributed by atoms with Crippen LogP contribution >= 0.6 is 0 Å². The molecule has 4 heteroatoms. The Labute approximate surface area is 84.3 Å². The van der Waals surface area contributed by atoms with Gasteiger partial charge in [-0.15, -0.1) is 0 Å². The van der Waals surface area contributed by atoms with Crippen molar-refractivity contribution in [1.29, 1.82) is 0 Å². The van der Waals surface area contributed by atoms with E-state index in [1.807, 2.05) is 7.05 Å². The Bertz CT molecular complexity index is 236. The number of piperidine rings is 3. The van der Waals surface area contributed by atoms with Gasteiger partial charge in [-0.1, -0.05) is 0 Å². The van der Waals surface area contributed by atoms with Gasteiger partial charge < -0.3 is 15.3 Å². The number of aliphatic carboxylic acids is 1. The third kappa shape index (κ3) is 1.53. The van der Waals surface area contributed by atoms with Crippen molar-refractivity contribution in [3.05, 3.63) is 0 Å². The van der Waals surface area contributed by atoms with Crippen molar-refractivity contribution in [2.75, 3.05) is 26.7 Å². The van der Waals surface area contributed by atoms with Gasteiger partial charge in [-0.25, -0.2) is 0 Å². The van der Waals surface area contributed by atoms with Gasteiger partial charge in [0.2, 0.25) is 0 Å². The van der Waals surface area contributed by atoms with E-state index in [1.54, 1.807) is 0 Å². The number of nitrogens with one attached hydrogen (secondary N) is 1. The predicted molar refractivity (Wildman–Crippen MR) is 53.2 cm³/mol. The molecular weight excluding hydrogens is 180 g/mol. The molecule has 2 bridgehead atoms. The van der Waals surface area contributed by atoms with Crippen molar-refractivity contribution in [3.63, 3.8) is 0 Å². The summed E-state index contributed by atoms with van der Waals surface area (Å²) in [6.07, 6.45) is 2.55. The highest BCUT2D eigenvalue weighted by Crippen LogP contribution is 2.37. The average Bonchev–Trinajstić information content (AvgIpc) is 2.18. The molecule has 3 saturated heterocycles. The van der Waals surface area contributed by atoms with Crippen LogP contribution in [0, 0.1) is 5.92 Å². The first-order valence-corrected chi connectivity index (χ1v) is 5.29. The third-order valence-electron chi connectivity index (χ3n) is 3.84. The number of carboxylic acids is 1. The first-order valence-electron chi connectivity index (χ1n) is 5.29. The fourth-order valence-corrected chi connectivity index (χ4v) is 3.01. The molecule has 14 heavy (non-hydrogen) atoms. The van der Waals surface area contributed by atoms with Gasteiger partial charge in [-0.05, 0) is 38.9 Å². The van der Waals surface area contributed by atoms with E-state index in [2.05, 4.69) is 10.2 Å². The van der Waals surface area contributed by atoms with E-state index in [9.17, 15) is 4.79 Å². The highest BCUT2D eigenvalue weighted by Gasteiger charge is 2.46. The summed E-state index contributed by atoms with van der Waals surface area (Å²) in [7, 11) is 1.89. The predicted octanol–water partition coefficient (Wildman–Crippen LogP) is 0.145. The number of rotatable bonds is 3. The summed E-state index contributed by atoms with van der Waals surface area (Å²) in [4.78, 5) is 13.2. The highest BCUT2D eigenvalue weighted by molar-refractivity contribution is 5.68. The third-order valence-corrected chi connectivity index (χ3v) is 3.84. The molecule has 0 amide bonds. The number of carbonyl (C=O) groups is 1. The van der Waals surface area contributed by atoms with E-state index < -0.39 is 5.97 Å². The second kappa shape index (κ2) is 3.51. The van der Waals surface area contributed by atoms with Crippen LogP contribution in [0.5, 0.6) is 0 Å². The lowest BCUT2D eigenvalue weighted by Crippen LogP contribution is -2.65. The van der Waals surface area contributed by atoms with Crippen LogP contribution < -0.4 is 5.32 Å². The van der Waals surface area contributed by atoms with Gasteiger partial charge in [-0.3, -0.25) is 4.79 Å². The normalized spacial score (nSPS) is 41.2. The van der Waals surface area contributed by atoms with E-state index in [1.165, 1.54) is 0 Å². The minimum absolute atomic E-state index is 0.164. The maximum absolute atomic E-state index is 10.8. The van der Waals surface area contributed by atoms with Gasteiger partial charge in [-0.2, -0.15) is 0 Å². The topological polar surface area (TPSA) is 52.6 Å². The fourth-order valence-electron chi connectivity index (χ4n) is 3.01. The summed E-state index contributed by atoms with van der Waals surface area (Å²) in [5.74, 6) is -0.137. The number of hydrogen-bond donors (Lipinski definition) is 2. The minimum atomic E-state index is -0.687. The van der Waals surface area contributed by atoms with Gasteiger partial charge in [0.25, 0.3) is 0 Å². The van der Waals surface area contributed by atoms with E-state index >= 15 is 0 Å². The summed E-state index contributed by atoms with van der Waals surface area (Å²) < 4.78 is 0. The molecule has 2 N–H and O–H groups in total. The maximum Gasteiger partial charge on any atom is 0.305 e. The van der Waals surface area contributed by atoms with Gasteiger partial charge in [0.1, 0.15) is 0 Å². The van der Waals surface area contributed by atoms with Crippen molar-refractivity contribution in [2.45, 2.75) is 24.8 Å². The molecule has 0 aromatic carbocycles. The van der Waals surface area contributed by atoms with Crippen molar-refractivity contribution in [3.8, 4) is 0 Å². The van der Waals surface area contributed by atoms with Crippen LogP contribution in [0.25, 0.3) is 0 Å². The molecule has 3 heterocycles. The van der Waals surface area contributed by atoms with Crippen LogP contribution in [0.1, 0.15) is 19.3 Å². The number of fused-ring (bicyclic) bond motifs is 3. The SMILES string of the molecule is CNC1(CC(=O)O)CN2CCC1CC2. The number of nitrogens with zero attached hydrogens (tertiary/aromatic N) is 1. The van der Waals surface area contributed by atoms with E-state index in [0.717, 1.165) is 32.5 Å². The van der Waals surface area contributed by atoms with E-state index in [0.29, 0.717) is 5.92 Å². The van der Waals surface area contributed by atoms with Crippen LogP contribution in [0.2, 0.25) is 0 Å². The molecule has 3 fully saturated rings. The molecule has 0 aliphatic carbocycles.